The molecule has 0 bridgehead atoms. The molecular formula is C24H28ClN5O2S. The molecule has 0 radical (unpaired) electrons. The lowest BCUT2D eigenvalue weighted by Gasteiger charge is -2.23. The van der Waals surface area contributed by atoms with Crippen LogP contribution >= 0.6 is 22.9 Å². The summed E-state index contributed by atoms with van der Waals surface area (Å²) in [6.45, 7) is 8.11. The lowest BCUT2D eigenvalue weighted by atomic mass is 9.98. The number of hydrogen-bond donors (Lipinski definition) is 3. The van der Waals surface area contributed by atoms with Crippen LogP contribution in [0.4, 0.5) is 15.6 Å². The molecule has 0 saturated heterocycles. The van der Waals surface area contributed by atoms with E-state index in [4.69, 9.17) is 11.6 Å². The van der Waals surface area contributed by atoms with Gasteiger partial charge in [0.05, 0.1) is 0 Å². The first-order valence-corrected chi connectivity index (χ1v) is 12.0. The number of benzene rings is 2. The zero-order valence-electron chi connectivity index (χ0n) is 19.1. The van der Waals surface area contributed by atoms with Crippen molar-refractivity contribution in [2.45, 2.75) is 46.1 Å². The summed E-state index contributed by atoms with van der Waals surface area (Å²) >= 11 is 7.29. The minimum Gasteiger partial charge on any atom is -0.326 e. The van der Waals surface area contributed by atoms with E-state index in [0.717, 1.165) is 5.56 Å². The molecule has 7 nitrogen and oxygen atoms in total. The average Bonchev–Trinajstić information content (AvgIpc) is 3.25. The molecule has 0 aliphatic carbocycles. The van der Waals surface area contributed by atoms with Gasteiger partial charge in [0, 0.05) is 16.3 Å². The van der Waals surface area contributed by atoms with Crippen LogP contribution in [0.5, 0.6) is 0 Å². The molecule has 3 amide bonds. The molecule has 1 aromatic heterocycles. The summed E-state index contributed by atoms with van der Waals surface area (Å²) in [6, 6.07) is 13.8. The maximum atomic E-state index is 13.0. The summed E-state index contributed by atoms with van der Waals surface area (Å²) in [7, 11) is 0. The molecule has 3 N–H and O–H groups in total. The van der Waals surface area contributed by atoms with Gasteiger partial charge in [0.2, 0.25) is 11.0 Å². The number of halogens is 1. The van der Waals surface area contributed by atoms with E-state index in [0.29, 0.717) is 33.2 Å². The Morgan fingerprint density at radius 2 is 1.76 bits per heavy atom. The molecule has 2 atom stereocenters. The standard InChI is InChI=1S/C24H28ClN5O2S/c1-5-15(4)20(27-23(32)26-19-11-9-16(10-12-19)14(2)3)21(31)28-24-30-29-22(33-24)17-7-6-8-18(25)13-17/h6-15,20H,5H2,1-4H3,(H2,26,27,32)(H,28,30,31)/t15-,20-/m1/s1. The molecule has 0 saturated carbocycles. The van der Waals surface area contributed by atoms with Gasteiger partial charge in [0.15, 0.2) is 0 Å². The Labute approximate surface area is 203 Å². The first kappa shape index (κ1) is 24.7. The van der Waals surface area contributed by atoms with Gasteiger partial charge in [-0.15, -0.1) is 10.2 Å². The van der Waals surface area contributed by atoms with Crippen LogP contribution in [-0.4, -0.2) is 28.2 Å². The molecule has 174 valence electrons. The van der Waals surface area contributed by atoms with Gasteiger partial charge in [-0.2, -0.15) is 0 Å². The van der Waals surface area contributed by atoms with Gasteiger partial charge in [-0.05, 0) is 41.7 Å². The molecule has 0 fully saturated rings. The van der Waals surface area contributed by atoms with Crippen molar-refractivity contribution in [3.05, 3.63) is 59.1 Å². The van der Waals surface area contributed by atoms with E-state index in [1.54, 1.807) is 12.1 Å². The Kier molecular flexibility index (Phi) is 8.41. The van der Waals surface area contributed by atoms with Crippen LogP contribution < -0.4 is 16.0 Å². The van der Waals surface area contributed by atoms with Crippen LogP contribution in [0.15, 0.2) is 48.5 Å². The van der Waals surface area contributed by atoms with Crippen LogP contribution in [0.3, 0.4) is 0 Å². The highest BCUT2D eigenvalue weighted by atomic mass is 35.5. The third-order valence-corrected chi connectivity index (χ3v) is 6.47. The average molecular weight is 486 g/mol. The number of nitrogens with one attached hydrogen (secondary N) is 3. The van der Waals surface area contributed by atoms with Crippen molar-refractivity contribution in [2.24, 2.45) is 5.92 Å². The molecule has 0 aliphatic heterocycles. The van der Waals surface area contributed by atoms with E-state index in [9.17, 15) is 9.59 Å². The predicted molar refractivity (Wildman–Crippen MR) is 135 cm³/mol. The highest BCUT2D eigenvalue weighted by Gasteiger charge is 2.27. The normalized spacial score (nSPS) is 12.8. The smallest absolute Gasteiger partial charge is 0.319 e. The fraction of sp³-hybridized carbons (Fsp3) is 0.333. The van der Waals surface area contributed by atoms with Crippen molar-refractivity contribution in [1.29, 1.82) is 0 Å². The molecule has 3 rings (SSSR count). The third kappa shape index (κ3) is 6.76. The van der Waals surface area contributed by atoms with Crippen LogP contribution in [0.25, 0.3) is 10.6 Å². The van der Waals surface area contributed by atoms with E-state index < -0.39 is 12.1 Å². The molecular weight excluding hydrogens is 458 g/mol. The maximum Gasteiger partial charge on any atom is 0.319 e. The predicted octanol–water partition coefficient (Wildman–Crippen LogP) is 6.16. The SMILES string of the molecule is CC[C@@H](C)[C@@H](NC(=O)Nc1ccc(C(C)C)cc1)C(=O)Nc1nnc(-c2cccc(Cl)c2)s1. The summed E-state index contributed by atoms with van der Waals surface area (Å²) in [5.74, 6) is -0.0195. The first-order chi connectivity index (χ1) is 15.8. The topological polar surface area (TPSA) is 96.0 Å². The minimum absolute atomic E-state index is 0.0839. The monoisotopic (exact) mass is 485 g/mol. The lowest BCUT2D eigenvalue weighted by molar-refractivity contribution is -0.119. The number of urea groups is 1. The first-order valence-electron chi connectivity index (χ1n) is 10.8. The van der Waals surface area contributed by atoms with E-state index in [-0.39, 0.29) is 11.8 Å². The van der Waals surface area contributed by atoms with Crippen molar-refractivity contribution in [2.75, 3.05) is 10.6 Å². The van der Waals surface area contributed by atoms with Crippen LogP contribution in [0.1, 0.15) is 45.6 Å². The Bertz CT molecular complexity index is 1100. The number of anilines is 2. The number of carbonyl (C=O) groups excluding carboxylic acids is 2. The maximum absolute atomic E-state index is 13.0. The highest BCUT2D eigenvalue weighted by molar-refractivity contribution is 7.18. The fourth-order valence-electron chi connectivity index (χ4n) is 3.16. The second kappa shape index (κ2) is 11.2. The second-order valence-electron chi connectivity index (χ2n) is 8.15. The van der Waals surface area contributed by atoms with Crippen LogP contribution in [0, 0.1) is 5.92 Å². The van der Waals surface area contributed by atoms with E-state index in [1.807, 2.05) is 50.2 Å². The van der Waals surface area contributed by atoms with Gasteiger partial charge in [0.25, 0.3) is 0 Å². The Morgan fingerprint density at radius 3 is 2.39 bits per heavy atom. The van der Waals surface area contributed by atoms with Crippen molar-refractivity contribution < 1.29 is 9.59 Å². The number of carbonyl (C=O) groups is 2. The lowest BCUT2D eigenvalue weighted by Crippen LogP contribution is -2.49. The number of rotatable bonds is 8. The van der Waals surface area contributed by atoms with Crippen LogP contribution in [0.2, 0.25) is 5.02 Å². The molecule has 3 aromatic rings. The number of aromatic nitrogens is 2. The summed E-state index contributed by atoms with van der Waals surface area (Å²) < 4.78 is 0. The highest BCUT2D eigenvalue weighted by Crippen LogP contribution is 2.28. The van der Waals surface area contributed by atoms with Gasteiger partial charge >= 0.3 is 6.03 Å². The van der Waals surface area contributed by atoms with E-state index in [2.05, 4.69) is 40.0 Å². The van der Waals surface area contributed by atoms with E-state index >= 15 is 0 Å². The molecule has 0 aliphatic rings. The minimum atomic E-state index is -0.733. The number of hydrogen-bond acceptors (Lipinski definition) is 5. The summed E-state index contributed by atoms with van der Waals surface area (Å²) in [5.41, 5.74) is 2.67. The van der Waals surface area contributed by atoms with E-state index in [1.165, 1.54) is 16.9 Å². The number of nitrogens with zero attached hydrogens (tertiary/aromatic N) is 2. The molecule has 1 heterocycles. The summed E-state index contributed by atoms with van der Waals surface area (Å²) in [4.78, 5) is 25.6. The van der Waals surface area contributed by atoms with Crippen molar-refractivity contribution in [3.8, 4) is 10.6 Å². The van der Waals surface area contributed by atoms with Gasteiger partial charge in [-0.1, -0.05) is 81.3 Å². The molecule has 0 unspecified atom stereocenters. The van der Waals surface area contributed by atoms with Gasteiger partial charge in [-0.25, -0.2) is 4.79 Å². The summed E-state index contributed by atoms with van der Waals surface area (Å²) in [6.07, 6.45) is 0.714. The molecule has 9 heteroatoms. The van der Waals surface area contributed by atoms with Crippen molar-refractivity contribution in [1.82, 2.24) is 15.5 Å². The molecule has 0 spiro atoms. The molecule has 33 heavy (non-hydrogen) atoms. The Hall–Kier alpha value is -2.97. The number of amides is 3. The fourth-order valence-corrected chi connectivity index (χ4v) is 4.09. The summed E-state index contributed by atoms with van der Waals surface area (Å²) in [5, 5.41) is 18.2. The largest absolute Gasteiger partial charge is 0.326 e. The van der Waals surface area contributed by atoms with Crippen LogP contribution in [-0.2, 0) is 4.79 Å². The van der Waals surface area contributed by atoms with Gasteiger partial charge in [0.1, 0.15) is 11.0 Å². The zero-order valence-corrected chi connectivity index (χ0v) is 20.6. The van der Waals surface area contributed by atoms with Gasteiger partial charge in [-0.3, -0.25) is 10.1 Å². The molecule has 2 aromatic carbocycles. The quantitative estimate of drug-likeness (QED) is 0.356. The third-order valence-electron chi connectivity index (χ3n) is 5.34. The Morgan fingerprint density at radius 1 is 1.03 bits per heavy atom. The Balaban J connectivity index is 1.65. The van der Waals surface area contributed by atoms with Crippen molar-refractivity contribution in [3.63, 3.8) is 0 Å². The van der Waals surface area contributed by atoms with Crippen molar-refractivity contribution >= 4 is 45.7 Å². The second-order valence-corrected chi connectivity index (χ2v) is 9.56. The van der Waals surface area contributed by atoms with Gasteiger partial charge < -0.3 is 10.6 Å². The zero-order chi connectivity index (χ0) is 24.0.